The van der Waals surface area contributed by atoms with Gasteiger partial charge in [0, 0.05) is 6.54 Å². The van der Waals surface area contributed by atoms with E-state index in [4.69, 9.17) is 5.73 Å². The molecule has 1 heteroatoms. The van der Waals surface area contributed by atoms with Gasteiger partial charge in [-0.2, -0.15) is 0 Å². The van der Waals surface area contributed by atoms with E-state index in [1.54, 1.807) is 0 Å². The van der Waals surface area contributed by atoms with Gasteiger partial charge in [-0.15, -0.1) is 0 Å². The lowest BCUT2D eigenvalue weighted by Crippen LogP contribution is -1.90. The third-order valence-electron chi connectivity index (χ3n) is 3.00. The van der Waals surface area contributed by atoms with Crippen molar-refractivity contribution in [2.24, 2.45) is 0 Å². The summed E-state index contributed by atoms with van der Waals surface area (Å²) >= 11 is 0. The molecule has 2 rings (SSSR count). The Morgan fingerprint density at radius 2 is 1.62 bits per heavy atom. The van der Waals surface area contributed by atoms with Crippen molar-refractivity contribution in [2.75, 3.05) is 6.54 Å². The van der Waals surface area contributed by atoms with Crippen LogP contribution in [0.5, 0.6) is 0 Å². The van der Waals surface area contributed by atoms with Crippen molar-refractivity contribution in [3.63, 3.8) is 0 Å². The van der Waals surface area contributed by atoms with Crippen molar-refractivity contribution < 1.29 is 0 Å². The highest BCUT2D eigenvalue weighted by molar-refractivity contribution is 5.85. The van der Waals surface area contributed by atoms with Crippen LogP contribution in [0.1, 0.15) is 24.8 Å². The van der Waals surface area contributed by atoms with Crippen LogP contribution < -0.4 is 5.73 Å². The molecular formula is C15H18N. The van der Waals surface area contributed by atoms with E-state index in [0.717, 1.165) is 12.8 Å². The topological polar surface area (TPSA) is 23.8 Å². The fraction of sp³-hybridized carbons (Fsp3) is 0.333. The highest BCUT2D eigenvalue weighted by Gasteiger charge is 1.99. The molecule has 0 aromatic heterocycles. The monoisotopic (exact) mass is 212 g/mol. The lowest BCUT2D eigenvalue weighted by Gasteiger charge is -2.05. The van der Waals surface area contributed by atoms with Crippen LogP contribution in [0, 0.1) is 0 Å². The molecule has 16 heavy (non-hydrogen) atoms. The Morgan fingerprint density at radius 1 is 0.812 bits per heavy atom. The van der Waals surface area contributed by atoms with E-state index in [-0.39, 0.29) is 0 Å². The molecule has 0 bridgehead atoms. The maximum Gasteiger partial charge on any atom is 0.00997 e. The first-order valence-corrected chi connectivity index (χ1v) is 6.03. The molecule has 0 fully saturated rings. The number of rotatable bonds is 5. The summed E-state index contributed by atoms with van der Waals surface area (Å²) in [5, 5.41) is 2.72. The molecule has 0 saturated heterocycles. The van der Waals surface area contributed by atoms with Crippen LogP contribution in [0.2, 0.25) is 0 Å². The summed E-state index contributed by atoms with van der Waals surface area (Å²) < 4.78 is 0. The van der Waals surface area contributed by atoms with Crippen LogP contribution in [-0.2, 0) is 6.42 Å². The smallest absolute Gasteiger partial charge is 0.00997 e. The largest absolute Gasteiger partial charge is 0.258 e. The molecule has 2 aromatic carbocycles. The van der Waals surface area contributed by atoms with Gasteiger partial charge in [-0.3, -0.25) is 5.73 Å². The second kappa shape index (κ2) is 5.66. The predicted octanol–water partition coefficient (Wildman–Crippen LogP) is 3.84. The van der Waals surface area contributed by atoms with E-state index in [1.807, 2.05) is 0 Å². The van der Waals surface area contributed by atoms with Gasteiger partial charge in [0.2, 0.25) is 0 Å². The fourth-order valence-corrected chi connectivity index (χ4v) is 2.13. The summed E-state index contributed by atoms with van der Waals surface area (Å²) in [6, 6.07) is 15.1. The third-order valence-corrected chi connectivity index (χ3v) is 3.00. The number of hydrogen-bond acceptors (Lipinski definition) is 0. The van der Waals surface area contributed by atoms with Crippen LogP contribution in [0.25, 0.3) is 10.8 Å². The average molecular weight is 212 g/mol. The number of hydrogen-bond donors (Lipinski definition) is 0. The molecule has 0 aliphatic carbocycles. The zero-order chi connectivity index (χ0) is 11.2. The summed E-state index contributed by atoms with van der Waals surface area (Å²) in [5.74, 6) is 0. The summed E-state index contributed by atoms with van der Waals surface area (Å²) in [5.41, 5.74) is 8.56. The van der Waals surface area contributed by atoms with Gasteiger partial charge in [0.1, 0.15) is 0 Å². The van der Waals surface area contributed by atoms with Gasteiger partial charge >= 0.3 is 0 Å². The van der Waals surface area contributed by atoms with Crippen LogP contribution in [0.4, 0.5) is 0 Å². The minimum absolute atomic E-state index is 0.565. The standard InChI is InChI=1S/C15H18N/c16-12-5-1-2-7-13-9-6-10-14-8-3-4-11-15(13)14/h3-4,6,8-11,16H,1-2,5,7,12H2. The Labute approximate surface area is 97.3 Å². The summed E-state index contributed by atoms with van der Waals surface area (Å²) in [4.78, 5) is 0. The first kappa shape index (κ1) is 11.2. The van der Waals surface area contributed by atoms with Gasteiger partial charge < -0.3 is 0 Å². The molecule has 0 unspecified atom stereocenters. The maximum absolute atomic E-state index is 7.12. The van der Waals surface area contributed by atoms with Crippen molar-refractivity contribution in [2.45, 2.75) is 25.7 Å². The van der Waals surface area contributed by atoms with E-state index in [0.29, 0.717) is 6.54 Å². The number of aryl methyl sites for hydroxylation is 1. The highest BCUT2D eigenvalue weighted by Crippen LogP contribution is 2.20. The van der Waals surface area contributed by atoms with Gasteiger partial charge in [-0.05, 0) is 35.6 Å². The van der Waals surface area contributed by atoms with Crippen molar-refractivity contribution in [3.05, 3.63) is 48.0 Å². The quantitative estimate of drug-likeness (QED) is 0.672. The fourth-order valence-electron chi connectivity index (χ4n) is 2.13. The van der Waals surface area contributed by atoms with Crippen LogP contribution in [0.15, 0.2) is 42.5 Å². The minimum Gasteiger partial charge on any atom is -0.258 e. The molecule has 2 aromatic rings. The molecule has 0 saturated carbocycles. The Morgan fingerprint density at radius 3 is 2.50 bits per heavy atom. The molecule has 0 aliphatic heterocycles. The first-order chi connectivity index (χ1) is 7.92. The van der Waals surface area contributed by atoms with E-state index in [1.165, 1.54) is 29.2 Å². The number of unbranched alkanes of at least 4 members (excludes halogenated alkanes) is 2. The molecule has 0 amide bonds. The van der Waals surface area contributed by atoms with Gasteiger partial charge in [0.05, 0.1) is 0 Å². The SMILES string of the molecule is [NH]CCCCCc1cccc2ccccc12. The Hall–Kier alpha value is -1.34. The van der Waals surface area contributed by atoms with E-state index in [2.05, 4.69) is 42.5 Å². The van der Waals surface area contributed by atoms with E-state index in [9.17, 15) is 0 Å². The summed E-state index contributed by atoms with van der Waals surface area (Å²) in [6.07, 6.45) is 4.55. The summed E-state index contributed by atoms with van der Waals surface area (Å²) in [7, 11) is 0. The van der Waals surface area contributed by atoms with Crippen molar-refractivity contribution in [3.8, 4) is 0 Å². The highest BCUT2D eigenvalue weighted by atomic mass is 14.5. The Kier molecular flexibility index (Phi) is 3.95. The average Bonchev–Trinajstić information content (AvgIpc) is 2.35. The molecule has 1 N–H and O–H groups in total. The zero-order valence-corrected chi connectivity index (χ0v) is 9.58. The van der Waals surface area contributed by atoms with Gasteiger partial charge in [0.15, 0.2) is 0 Å². The van der Waals surface area contributed by atoms with Crippen molar-refractivity contribution in [1.29, 1.82) is 0 Å². The Balaban J connectivity index is 2.11. The van der Waals surface area contributed by atoms with Gasteiger partial charge in [-0.25, -0.2) is 0 Å². The molecule has 0 heterocycles. The van der Waals surface area contributed by atoms with Crippen molar-refractivity contribution in [1.82, 2.24) is 5.73 Å². The van der Waals surface area contributed by atoms with Crippen LogP contribution in [0.3, 0.4) is 0 Å². The summed E-state index contributed by atoms with van der Waals surface area (Å²) in [6.45, 7) is 0.565. The molecular weight excluding hydrogens is 194 g/mol. The lowest BCUT2D eigenvalue weighted by atomic mass is 10.00. The van der Waals surface area contributed by atoms with Crippen molar-refractivity contribution >= 4 is 10.8 Å². The van der Waals surface area contributed by atoms with E-state index < -0.39 is 0 Å². The minimum atomic E-state index is 0.565. The molecule has 83 valence electrons. The normalized spacial score (nSPS) is 10.8. The molecule has 0 spiro atoms. The Bertz CT molecular complexity index is 443. The zero-order valence-electron chi connectivity index (χ0n) is 9.58. The van der Waals surface area contributed by atoms with Gasteiger partial charge in [0.25, 0.3) is 0 Å². The second-order valence-corrected chi connectivity index (χ2v) is 4.20. The lowest BCUT2D eigenvalue weighted by molar-refractivity contribution is 0.682. The molecule has 1 nitrogen and oxygen atoms in total. The van der Waals surface area contributed by atoms with E-state index >= 15 is 0 Å². The molecule has 0 aliphatic rings. The second-order valence-electron chi connectivity index (χ2n) is 4.20. The number of fused-ring (bicyclic) bond motifs is 1. The number of benzene rings is 2. The molecule has 0 atom stereocenters. The maximum atomic E-state index is 7.12. The van der Waals surface area contributed by atoms with Gasteiger partial charge in [-0.1, -0.05) is 48.9 Å². The number of nitrogens with one attached hydrogen (secondary N) is 1. The molecule has 1 radical (unpaired) electrons. The predicted molar refractivity (Wildman–Crippen MR) is 69.5 cm³/mol. The van der Waals surface area contributed by atoms with Crippen LogP contribution in [-0.4, -0.2) is 6.54 Å². The first-order valence-electron chi connectivity index (χ1n) is 6.03. The third kappa shape index (κ3) is 2.61. The van der Waals surface area contributed by atoms with Crippen LogP contribution >= 0.6 is 0 Å².